The summed E-state index contributed by atoms with van der Waals surface area (Å²) in [5, 5.41) is 2.92. The van der Waals surface area contributed by atoms with Crippen LogP contribution in [0, 0.1) is 0 Å². The maximum atomic E-state index is 12.2. The molecule has 1 heterocycles. The number of nitrogens with zero attached hydrogens (tertiary/aromatic N) is 1. The quantitative estimate of drug-likeness (QED) is 0.789. The lowest BCUT2D eigenvalue weighted by Gasteiger charge is -2.06. The lowest BCUT2D eigenvalue weighted by atomic mass is 10.2. The summed E-state index contributed by atoms with van der Waals surface area (Å²) in [6.45, 7) is 0. The first kappa shape index (κ1) is 13.8. The van der Waals surface area contributed by atoms with Gasteiger partial charge in [-0.1, -0.05) is 18.2 Å². The number of hydrogen-bond donors (Lipinski definition) is 1. The van der Waals surface area contributed by atoms with Gasteiger partial charge in [0.2, 0.25) is 0 Å². The molecule has 0 radical (unpaired) electrons. The summed E-state index contributed by atoms with van der Waals surface area (Å²) in [6.07, 6.45) is 1.50. The molecule has 110 valence electrons. The van der Waals surface area contributed by atoms with E-state index in [-0.39, 0.29) is 5.75 Å². The van der Waals surface area contributed by atoms with Crippen LogP contribution < -0.4 is 10.3 Å². The zero-order chi connectivity index (χ0) is 15.5. The van der Waals surface area contributed by atoms with Crippen LogP contribution in [-0.4, -0.2) is 16.5 Å². The molecule has 1 N–H and O–H groups in total. The predicted molar refractivity (Wildman–Crippen MR) is 78.4 cm³/mol. The van der Waals surface area contributed by atoms with E-state index in [2.05, 4.69) is 10.3 Å². The van der Waals surface area contributed by atoms with Gasteiger partial charge in [0, 0.05) is 21.7 Å². The van der Waals surface area contributed by atoms with Gasteiger partial charge < -0.3 is 0 Å². The van der Waals surface area contributed by atoms with Crippen LogP contribution in [0.25, 0.3) is 10.9 Å². The topological polar surface area (TPSA) is 60.3 Å². The molecule has 6 heteroatoms. The molecule has 0 saturated heterocycles. The minimum Gasteiger partial charge on any atom is -0.294 e. The van der Waals surface area contributed by atoms with Crippen molar-refractivity contribution in [3.8, 4) is 5.75 Å². The van der Waals surface area contributed by atoms with Crippen LogP contribution in [0.1, 0.15) is 10.4 Å². The first-order valence-electron chi connectivity index (χ1n) is 6.49. The molecule has 0 spiro atoms. The SMILES string of the molecule is O=C(NC(=O)n1ccc2cc(OF)ccc21)c1ccccc1. The number of imide groups is 1. The molecule has 0 unspecified atom stereocenters. The van der Waals surface area contributed by atoms with Crippen molar-refractivity contribution in [2.75, 3.05) is 0 Å². The van der Waals surface area contributed by atoms with Crippen LogP contribution in [0.4, 0.5) is 9.32 Å². The van der Waals surface area contributed by atoms with Gasteiger partial charge in [-0.3, -0.25) is 19.6 Å². The first-order valence-corrected chi connectivity index (χ1v) is 6.49. The standard InChI is InChI=1S/C16H11FN2O3/c17-22-13-6-7-14-12(10-13)8-9-19(14)16(21)18-15(20)11-4-2-1-3-5-11/h1-10H,(H,18,20,21). The van der Waals surface area contributed by atoms with Crippen molar-refractivity contribution in [1.29, 1.82) is 0 Å². The number of fused-ring (bicyclic) bond motifs is 1. The molecule has 0 aliphatic heterocycles. The molecule has 0 atom stereocenters. The molecule has 2 amide bonds. The molecule has 22 heavy (non-hydrogen) atoms. The van der Waals surface area contributed by atoms with Gasteiger partial charge in [0.1, 0.15) is 0 Å². The first-order chi connectivity index (χ1) is 10.7. The highest BCUT2D eigenvalue weighted by molar-refractivity contribution is 6.06. The van der Waals surface area contributed by atoms with E-state index in [0.29, 0.717) is 16.5 Å². The number of carbonyl (C=O) groups is 2. The van der Waals surface area contributed by atoms with Crippen molar-refractivity contribution in [1.82, 2.24) is 9.88 Å². The summed E-state index contributed by atoms with van der Waals surface area (Å²) in [5.41, 5.74) is 0.930. The van der Waals surface area contributed by atoms with Gasteiger partial charge in [0.05, 0.1) is 5.52 Å². The van der Waals surface area contributed by atoms with Crippen LogP contribution in [0.2, 0.25) is 0 Å². The summed E-state index contributed by atoms with van der Waals surface area (Å²) in [4.78, 5) is 27.8. The number of nitrogens with one attached hydrogen (secondary N) is 1. The number of rotatable bonds is 2. The maximum Gasteiger partial charge on any atom is 0.332 e. The summed E-state index contributed by atoms with van der Waals surface area (Å²) in [6, 6.07) is 13.9. The Morgan fingerprint density at radius 2 is 1.82 bits per heavy atom. The van der Waals surface area contributed by atoms with E-state index in [1.807, 2.05) is 0 Å². The predicted octanol–water partition coefficient (Wildman–Crippen LogP) is 3.30. The molecule has 0 fully saturated rings. The van der Waals surface area contributed by atoms with E-state index in [1.165, 1.54) is 29.0 Å². The molecule has 5 nitrogen and oxygen atoms in total. The van der Waals surface area contributed by atoms with E-state index in [1.54, 1.807) is 36.4 Å². The van der Waals surface area contributed by atoms with E-state index in [9.17, 15) is 14.1 Å². The Balaban J connectivity index is 1.85. The largest absolute Gasteiger partial charge is 0.332 e. The van der Waals surface area contributed by atoms with Crippen LogP contribution in [0.15, 0.2) is 60.8 Å². The van der Waals surface area contributed by atoms with Gasteiger partial charge in [-0.15, -0.1) is 0 Å². The summed E-state index contributed by atoms with van der Waals surface area (Å²) in [7, 11) is 0. The Hall–Kier alpha value is -3.15. The summed E-state index contributed by atoms with van der Waals surface area (Å²) < 4.78 is 13.4. The third kappa shape index (κ3) is 2.54. The van der Waals surface area contributed by atoms with Gasteiger partial charge in [0.25, 0.3) is 5.91 Å². The van der Waals surface area contributed by atoms with Crippen LogP contribution in [0.3, 0.4) is 0 Å². The van der Waals surface area contributed by atoms with Gasteiger partial charge >= 0.3 is 6.03 Å². The molecule has 0 aliphatic rings. The second kappa shape index (κ2) is 5.69. The average Bonchev–Trinajstić information content (AvgIpc) is 2.98. The van der Waals surface area contributed by atoms with Gasteiger partial charge in [0.15, 0.2) is 5.75 Å². The monoisotopic (exact) mass is 298 g/mol. The molecular weight excluding hydrogens is 287 g/mol. The maximum absolute atomic E-state index is 12.2. The Labute approximate surface area is 124 Å². The van der Waals surface area contributed by atoms with Crippen molar-refractivity contribution in [2.24, 2.45) is 0 Å². The number of carbonyl (C=O) groups excluding carboxylic acids is 2. The number of benzene rings is 2. The van der Waals surface area contributed by atoms with E-state index < -0.39 is 11.9 Å². The molecule has 0 bridgehead atoms. The number of hydrogen-bond acceptors (Lipinski definition) is 3. The second-order valence-corrected chi connectivity index (χ2v) is 4.61. The van der Waals surface area contributed by atoms with Crippen LogP contribution >= 0.6 is 0 Å². The van der Waals surface area contributed by atoms with E-state index >= 15 is 0 Å². The summed E-state index contributed by atoms with van der Waals surface area (Å²) >= 11 is 0. The van der Waals surface area contributed by atoms with E-state index in [4.69, 9.17) is 0 Å². The minimum absolute atomic E-state index is 0.0472. The molecular formula is C16H11FN2O3. The van der Waals surface area contributed by atoms with Crippen molar-refractivity contribution in [3.63, 3.8) is 0 Å². The van der Waals surface area contributed by atoms with Crippen LogP contribution in [-0.2, 0) is 0 Å². The fourth-order valence-corrected chi connectivity index (χ4v) is 2.16. The third-order valence-electron chi connectivity index (χ3n) is 3.23. The highest BCUT2D eigenvalue weighted by atomic mass is 19.3. The smallest absolute Gasteiger partial charge is 0.294 e. The Bertz CT molecular complexity index is 843. The third-order valence-corrected chi connectivity index (χ3v) is 3.23. The van der Waals surface area contributed by atoms with Crippen molar-refractivity contribution >= 4 is 22.8 Å². The molecule has 3 aromatic rings. The van der Waals surface area contributed by atoms with Crippen LogP contribution in [0.5, 0.6) is 5.75 Å². The normalized spacial score (nSPS) is 10.4. The molecule has 1 aromatic heterocycles. The zero-order valence-corrected chi connectivity index (χ0v) is 11.3. The highest BCUT2D eigenvalue weighted by Crippen LogP contribution is 2.22. The number of amides is 2. The molecule has 2 aromatic carbocycles. The van der Waals surface area contributed by atoms with Crippen molar-refractivity contribution in [2.45, 2.75) is 0 Å². The zero-order valence-electron chi connectivity index (χ0n) is 11.3. The summed E-state index contributed by atoms with van der Waals surface area (Å²) in [5.74, 6) is -0.442. The van der Waals surface area contributed by atoms with Gasteiger partial charge in [-0.25, -0.2) is 4.79 Å². The molecule has 0 aliphatic carbocycles. The lowest BCUT2D eigenvalue weighted by Crippen LogP contribution is -2.33. The molecule has 3 rings (SSSR count). The highest BCUT2D eigenvalue weighted by Gasteiger charge is 2.14. The Morgan fingerprint density at radius 1 is 1.05 bits per heavy atom. The number of aromatic nitrogens is 1. The fourth-order valence-electron chi connectivity index (χ4n) is 2.16. The Morgan fingerprint density at radius 3 is 2.55 bits per heavy atom. The van der Waals surface area contributed by atoms with E-state index in [0.717, 1.165) is 0 Å². The molecule has 0 saturated carbocycles. The average molecular weight is 298 g/mol. The Kier molecular flexibility index (Phi) is 3.57. The van der Waals surface area contributed by atoms with Gasteiger partial charge in [-0.2, -0.15) is 0 Å². The van der Waals surface area contributed by atoms with Gasteiger partial charge in [-0.05, 0) is 36.4 Å². The minimum atomic E-state index is -0.585. The lowest BCUT2D eigenvalue weighted by molar-refractivity contribution is -0.00603. The van der Waals surface area contributed by atoms with Crippen molar-refractivity contribution in [3.05, 3.63) is 66.4 Å². The number of halogens is 1. The van der Waals surface area contributed by atoms with Crippen molar-refractivity contribution < 1.29 is 19.1 Å². The second-order valence-electron chi connectivity index (χ2n) is 4.61. The fraction of sp³-hybridized carbons (Fsp3) is 0.